The average molecular weight is 315 g/mol. The highest BCUT2D eigenvalue weighted by molar-refractivity contribution is 7.99. The van der Waals surface area contributed by atoms with Gasteiger partial charge in [-0.05, 0) is 23.8 Å². The molecule has 0 fully saturated rings. The molecule has 0 unspecified atom stereocenters. The number of nitriles is 1. The fourth-order valence-electron chi connectivity index (χ4n) is 2.28. The summed E-state index contributed by atoms with van der Waals surface area (Å²) in [6.07, 6.45) is 0. The molecule has 5 heteroatoms. The number of carbonyl (C=O) groups is 1. The average Bonchev–Trinajstić information content (AvgIpc) is 2.63. The molecular formula is C16H11ClN2OS. The zero-order valence-corrected chi connectivity index (χ0v) is 12.5. The monoisotopic (exact) mass is 314 g/mol. The summed E-state index contributed by atoms with van der Waals surface area (Å²) in [5, 5.41) is 12.5. The molecule has 0 aliphatic carbocycles. The normalized spacial score (nSPS) is 20.9. The number of fused-ring (bicyclic) bond motifs is 1. The van der Waals surface area contributed by atoms with Crippen molar-refractivity contribution in [1.29, 1.82) is 5.26 Å². The summed E-state index contributed by atoms with van der Waals surface area (Å²) in [6, 6.07) is 17.1. The van der Waals surface area contributed by atoms with Crippen LogP contribution < -0.4 is 5.32 Å². The summed E-state index contributed by atoms with van der Waals surface area (Å²) >= 11 is 7.49. The third-order valence-corrected chi connectivity index (χ3v) is 4.95. The van der Waals surface area contributed by atoms with Crippen molar-refractivity contribution in [2.75, 3.05) is 5.32 Å². The highest BCUT2D eigenvalue weighted by atomic mass is 35.5. The van der Waals surface area contributed by atoms with Crippen molar-refractivity contribution in [2.45, 2.75) is 10.1 Å². The molecule has 0 saturated carbocycles. The standard InChI is InChI=1S/C16H11ClN2OS/c17-11-6-7-14-13(8-11)19-16(20)12(9-18)15(21-14)10-4-2-1-3-5-10/h1-8,12,15H,(H,19,20)/t12-,15+/m1/s1. The molecule has 0 radical (unpaired) electrons. The predicted molar refractivity (Wildman–Crippen MR) is 84.2 cm³/mol. The number of thioether (sulfide) groups is 1. The number of benzene rings is 2. The Morgan fingerprint density at radius 1 is 1.19 bits per heavy atom. The Morgan fingerprint density at radius 2 is 1.95 bits per heavy atom. The first-order valence-corrected chi connectivity index (χ1v) is 7.66. The number of carbonyl (C=O) groups excluding carboxylic acids is 1. The van der Waals surface area contributed by atoms with Crippen molar-refractivity contribution in [2.24, 2.45) is 5.92 Å². The van der Waals surface area contributed by atoms with Crippen molar-refractivity contribution >= 4 is 35.0 Å². The number of hydrogen-bond acceptors (Lipinski definition) is 3. The fraction of sp³-hybridized carbons (Fsp3) is 0.125. The molecule has 0 bridgehead atoms. The summed E-state index contributed by atoms with van der Waals surface area (Å²) < 4.78 is 0. The Balaban J connectivity index is 2.08. The fourth-order valence-corrected chi connectivity index (χ4v) is 3.73. The SMILES string of the molecule is N#C[C@H]1C(=O)Nc2cc(Cl)ccc2S[C@H]1c1ccccc1. The maximum Gasteiger partial charge on any atom is 0.243 e. The number of rotatable bonds is 1. The van der Waals surface area contributed by atoms with Gasteiger partial charge < -0.3 is 5.32 Å². The van der Waals surface area contributed by atoms with Crippen molar-refractivity contribution in [3.05, 3.63) is 59.1 Å². The van der Waals surface area contributed by atoms with Crippen LogP contribution in [0.2, 0.25) is 5.02 Å². The molecule has 0 spiro atoms. The first kappa shape index (κ1) is 14.0. The topological polar surface area (TPSA) is 52.9 Å². The molecule has 3 nitrogen and oxygen atoms in total. The first-order chi connectivity index (χ1) is 10.2. The van der Waals surface area contributed by atoms with Gasteiger partial charge in [0.2, 0.25) is 5.91 Å². The minimum absolute atomic E-state index is 0.237. The van der Waals surface area contributed by atoms with Crippen LogP contribution in [-0.4, -0.2) is 5.91 Å². The molecule has 1 aliphatic heterocycles. The van der Waals surface area contributed by atoms with Crippen LogP contribution in [0.1, 0.15) is 10.8 Å². The van der Waals surface area contributed by atoms with E-state index < -0.39 is 5.92 Å². The van der Waals surface area contributed by atoms with E-state index in [9.17, 15) is 10.1 Å². The van der Waals surface area contributed by atoms with Crippen molar-refractivity contribution in [3.63, 3.8) is 0 Å². The van der Waals surface area contributed by atoms with E-state index in [-0.39, 0.29) is 11.2 Å². The van der Waals surface area contributed by atoms with Gasteiger partial charge in [-0.3, -0.25) is 4.79 Å². The highest BCUT2D eigenvalue weighted by Crippen LogP contribution is 2.46. The van der Waals surface area contributed by atoms with E-state index in [1.165, 1.54) is 11.8 Å². The third kappa shape index (κ3) is 2.76. The van der Waals surface area contributed by atoms with E-state index >= 15 is 0 Å². The van der Waals surface area contributed by atoms with Crippen LogP contribution in [0.15, 0.2) is 53.4 Å². The minimum Gasteiger partial charge on any atom is -0.324 e. The van der Waals surface area contributed by atoms with Crippen LogP contribution in [0.5, 0.6) is 0 Å². The second-order valence-electron chi connectivity index (χ2n) is 4.69. The van der Waals surface area contributed by atoms with Gasteiger partial charge in [-0.1, -0.05) is 41.9 Å². The first-order valence-electron chi connectivity index (χ1n) is 6.40. The van der Waals surface area contributed by atoms with Gasteiger partial charge in [-0.2, -0.15) is 5.26 Å². The Hall–Kier alpha value is -1.96. The lowest BCUT2D eigenvalue weighted by Gasteiger charge is -2.17. The summed E-state index contributed by atoms with van der Waals surface area (Å²) in [4.78, 5) is 13.2. The molecule has 21 heavy (non-hydrogen) atoms. The second-order valence-corrected chi connectivity index (χ2v) is 6.31. The molecule has 0 aromatic heterocycles. The van der Waals surface area contributed by atoms with Crippen LogP contribution in [0.3, 0.4) is 0 Å². The van der Waals surface area contributed by atoms with E-state index in [0.717, 1.165) is 10.5 Å². The van der Waals surface area contributed by atoms with Gasteiger partial charge in [-0.25, -0.2) is 0 Å². The Morgan fingerprint density at radius 3 is 2.67 bits per heavy atom. The smallest absolute Gasteiger partial charge is 0.243 e. The molecule has 1 aliphatic rings. The highest BCUT2D eigenvalue weighted by Gasteiger charge is 2.34. The van der Waals surface area contributed by atoms with E-state index in [2.05, 4.69) is 11.4 Å². The molecule has 2 atom stereocenters. The summed E-state index contributed by atoms with van der Waals surface area (Å²) in [7, 11) is 0. The molecule has 1 N–H and O–H groups in total. The van der Waals surface area contributed by atoms with Gasteiger partial charge in [0.15, 0.2) is 0 Å². The van der Waals surface area contributed by atoms with Gasteiger partial charge >= 0.3 is 0 Å². The molecule has 2 aromatic rings. The summed E-state index contributed by atoms with van der Waals surface area (Å²) in [5.74, 6) is -1.04. The van der Waals surface area contributed by atoms with Crippen molar-refractivity contribution in [1.82, 2.24) is 0 Å². The Labute approximate surface area is 131 Å². The molecule has 1 heterocycles. The Bertz CT molecular complexity index is 727. The largest absolute Gasteiger partial charge is 0.324 e. The summed E-state index contributed by atoms with van der Waals surface area (Å²) in [5.41, 5.74) is 1.63. The molecule has 2 aromatic carbocycles. The number of halogens is 1. The lowest BCUT2D eigenvalue weighted by atomic mass is 9.99. The van der Waals surface area contributed by atoms with Crippen molar-refractivity contribution < 1.29 is 4.79 Å². The zero-order chi connectivity index (χ0) is 14.8. The maximum absolute atomic E-state index is 12.3. The molecule has 1 amide bonds. The summed E-state index contributed by atoms with van der Waals surface area (Å²) in [6.45, 7) is 0. The number of hydrogen-bond donors (Lipinski definition) is 1. The predicted octanol–water partition coefficient (Wildman–Crippen LogP) is 4.27. The van der Waals surface area contributed by atoms with E-state index in [0.29, 0.717) is 10.7 Å². The van der Waals surface area contributed by atoms with E-state index in [1.54, 1.807) is 12.1 Å². The van der Waals surface area contributed by atoms with Gasteiger partial charge in [-0.15, -0.1) is 11.8 Å². The zero-order valence-electron chi connectivity index (χ0n) is 10.9. The van der Waals surface area contributed by atoms with Crippen LogP contribution in [0, 0.1) is 17.2 Å². The van der Waals surface area contributed by atoms with Crippen molar-refractivity contribution in [3.8, 4) is 6.07 Å². The number of nitrogens with zero attached hydrogens (tertiary/aromatic N) is 1. The lowest BCUT2D eigenvalue weighted by molar-refractivity contribution is -0.118. The number of anilines is 1. The lowest BCUT2D eigenvalue weighted by Crippen LogP contribution is -2.24. The quantitative estimate of drug-likeness (QED) is 0.855. The van der Waals surface area contributed by atoms with Crippen LogP contribution >= 0.6 is 23.4 Å². The number of amides is 1. The van der Waals surface area contributed by atoms with Crippen LogP contribution in [-0.2, 0) is 4.79 Å². The van der Waals surface area contributed by atoms with Gasteiger partial charge in [0.05, 0.1) is 17.0 Å². The van der Waals surface area contributed by atoms with Gasteiger partial charge in [0.25, 0.3) is 0 Å². The van der Waals surface area contributed by atoms with E-state index in [1.807, 2.05) is 36.4 Å². The van der Waals surface area contributed by atoms with Gasteiger partial charge in [0, 0.05) is 9.92 Å². The molecular weight excluding hydrogens is 304 g/mol. The molecule has 3 rings (SSSR count). The maximum atomic E-state index is 12.3. The second kappa shape index (κ2) is 5.80. The third-order valence-electron chi connectivity index (χ3n) is 3.31. The molecule has 104 valence electrons. The van der Waals surface area contributed by atoms with Crippen LogP contribution in [0.25, 0.3) is 0 Å². The Kier molecular flexibility index (Phi) is 3.87. The van der Waals surface area contributed by atoms with Gasteiger partial charge in [0.1, 0.15) is 5.92 Å². The van der Waals surface area contributed by atoms with Crippen LogP contribution in [0.4, 0.5) is 5.69 Å². The van der Waals surface area contributed by atoms with E-state index in [4.69, 9.17) is 11.6 Å². The number of nitrogens with one attached hydrogen (secondary N) is 1. The molecule has 0 saturated heterocycles. The minimum atomic E-state index is -0.747.